The van der Waals surface area contributed by atoms with Crippen LogP contribution >= 0.6 is 0 Å². The lowest BCUT2D eigenvalue weighted by Crippen LogP contribution is -2.49. The van der Waals surface area contributed by atoms with Gasteiger partial charge in [-0.1, -0.05) is 30.3 Å². The molecule has 3 rings (SSSR count). The molecule has 6 nitrogen and oxygen atoms in total. The number of nitrogens with zero attached hydrogens (tertiary/aromatic N) is 2. The third-order valence-corrected chi connectivity index (χ3v) is 5.02. The van der Waals surface area contributed by atoms with Crippen LogP contribution in [-0.2, 0) is 19.0 Å². The van der Waals surface area contributed by atoms with Crippen LogP contribution in [-0.4, -0.2) is 82.0 Å². The molecule has 0 amide bonds. The van der Waals surface area contributed by atoms with Gasteiger partial charge in [-0.05, 0) is 5.56 Å². The summed E-state index contributed by atoms with van der Waals surface area (Å²) in [5, 5.41) is 0. The van der Waals surface area contributed by atoms with Gasteiger partial charge in [0.2, 0.25) is 0 Å². The van der Waals surface area contributed by atoms with E-state index in [-0.39, 0.29) is 17.9 Å². The van der Waals surface area contributed by atoms with Crippen LogP contribution in [0, 0.1) is 5.92 Å². The molecule has 2 aliphatic heterocycles. The molecule has 1 aromatic rings. The summed E-state index contributed by atoms with van der Waals surface area (Å²) in [5.41, 5.74) is 1.16. The first-order valence-electron chi connectivity index (χ1n) is 9.04. The maximum Gasteiger partial charge on any atom is 0.311 e. The Labute approximate surface area is 149 Å². The molecule has 0 spiro atoms. The van der Waals surface area contributed by atoms with Gasteiger partial charge in [0.15, 0.2) is 0 Å². The summed E-state index contributed by atoms with van der Waals surface area (Å²) in [6, 6.07) is 10.3. The van der Waals surface area contributed by atoms with E-state index >= 15 is 0 Å². The van der Waals surface area contributed by atoms with Crippen molar-refractivity contribution in [3.05, 3.63) is 35.9 Å². The van der Waals surface area contributed by atoms with Crippen LogP contribution in [0.4, 0.5) is 0 Å². The fourth-order valence-electron chi connectivity index (χ4n) is 3.72. The first-order chi connectivity index (χ1) is 12.3. The molecule has 2 fully saturated rings. The van der Waals surface area contributed by atoms with E-state index in [1.165, 1.54) is 7.11 Å². The van der Waals surface area contributed by atoms with Gasteiger partial charge >= 0.3 is 5.97 Å². The lowest BCUT2D eigenvalue weighted by molar-refractivity contribution is -0.150. The van der Waals surface area contributed by atoms with Crippen molar-refractivity contribution in [3.8, 4) is 0 Å². The highest BCUT2D eigenvalue weighted by atomic mass is 16.5. The van der Waals surface area contributed by atoms with E-state index in [4.69, 9.17) is 14.2 Å². The Bertz CT molecular complexity index is 527. The van der Waals surface area contributed by atoms with Crippen LogP contribution in [0.25, 0.3) is 0 Å². The highest BCUT2D eigenvalue weighted by molar-refractivity contribution is 5.73. The van der Waals surface area contributed by atoms with Gasteiger partial charge in [-0.2, -0.15) is 0 Å². The highest BCUT2D eigenvalue weighted by Crippen LogP contribution is 2.31. The van der Waals surface area contributed by atoms with Crippen LogP contribution in [0.5, 0.6) is 0 Å². The average molecular weight is 348 g/mol. The summed E-state index contributed by atoms with van der Waals surface area (Å²) < 4.78 is 16.2. The van der Waals surface area contributed by atoms with Crippen molar-refractivity contribution < 1.29 is 19.0 Å². The van der Waals surface area contributed by atoms with Gasteiger partial charge < -0.3 is 14.2 Å². The van der Waals surface area contributed by atoms with Crippen LogP contribution in [0.3, 0.4) is 0 Å². The molecule has 2 atom stereocenters. The number of esters is 1. The number of carbonyl (C=O) groups is 1. The summed E-state index contributed by atoms with van der Waals surface area (Å²) in [4.78, 5) is 17.4. The zero-order valence-electron chi connectivity index (χ0n) is 14.9. The summed E-state index contributed by atoms with van der Waals surface area (Å²) in [5.74, 6) is -0.379. The number of rotatable bonds is 6. The number of methoxy groups -OCH3 is 1. The monoisotopic (exact) mass is 348 g/mol. The number of morpholine rings is 2. The zero-order valence-corrected chi connectivity index (χ0v) is 14.9. The lowest BCUT2D eigenvalue weighted by Gasteiger charge is -2.40. The molecule has 25 heavy (non-hydrogen) atoms. The van der Waals surface area contributed by atoms with Gasteiger partial charge in [-0.3, -0.25) is 14.6 Å². The molecule has 0 N–H and O–H groups in total. The van der Waals surface area contributed by atoms with Gasteiger partial charge in [0.1, 0.15) is 0 Å². The summed E-state index contributed by atoms with van der Waals surface area (Å²) in [6.07, 6.45) is 0. The lowest BCUT2D eigenvalue weighted by atomic mass is 9.90. The molecule has 2 aliphatic rings. The molecular formula is C19H28N2O4. The molecule has 0 aromatic heterocycles. The first-order valence-corrected chi connectivity index (χ1v) is 9.04. The van der Waals surface area contributed by atoms with E-state index in [9.17, 15) is 4.79 Å². The third-order valence-electron chi connectivity index (χ3n) is 5.02. The van der Waals surface area contributed by atoms with E-state index in [0.29, 0.717) is 19.8 Å². The van der Waals surface area contributed by atoms with Crippen molar-refractivity contribution in [2.24, 2.45) is 5.92 Å². The van der Waals surface area contributed by atoms with E-state index in [1.807, 2.05) is 18.2 Å². The third kappa shape index (κ3) is 4.79. The Morgan fingerprint density at radius 1 is 1.04 bits per heavy atom. The van der Waals surface area contributed by atoms with Crippen molar-refractivity contribution >= 4 is 5.97 Å². The van der Waals surface area contributed by atoms with E-state index < -0.39 is 0 Å². The minimum absolute atomic E-state index is 0.000366. The number of hydrogen-bond donors (Lipinski definition) is 0. The molecule has 0 saturated carbocycles. The second-order valence-electron chi connectivity index (χ2n) is 6.55. The standard InChI is InChI=1S/C19H28N2O4/c1-23-19(22)17(15-20-7-11-24-12-8-20)18(16-5-3-2-4-6-16)21-9-13-25-14-10-21/h2-6,17-18H,7-15H2,1H3/t17-,18+/m0/s1. The smallest absolute Gasteiger partial charge is 0.311 e. The summed E-state index contributed by atoms with van der Waals surface area (Å²) in [6.45, 7) is 6.92. The predicted molar refractivity (Wildman–Crippen MR) is 94.3 cm³/mol. The highest BCUT2D eigenvalue weighted by Gasteiger charge is 2.37. The largest absolute Gasteiger partial charge is 0.469 e. The normalized spacial score (nSPS) is 22.3. The van der Waals surface area contributed by atoms with Crippen LogP contribution < -0.4 is 0 Å². The minimum atomic E-state index is -0.233. The molecule has 2 heterocycles. The quantitative estimate of drug-likeness (QED) is 0.720. The number of benzene rings is 1. The Morgan fingerprint density at radius 2 is 1.64 bits per heavy atom. The molecule has 0 radical (unpaired) electrons. The fraction of sp³-hybridized carbons (Fsp3) is 0.632. The first kappa shape index (κ1) is 18.3. The average Bonchev–Trinajstić information content (AvgIpc) is 2.69. The Kier molecular flexibility index (Phi) is 6.81. The molecule has 0 unspecified atom stereocenters. The molecule has 138 valence electrons. The van der Waals surface area contributed by atoms with E-state index in [0.717, 1.165) is 45.0 Å². The van der Waals surface area contributed by atoms with Crippen LogP contribution in [0.1, 0.15) is 11.6 Å². The topological polar surface area (TPSA) is 51.2 Å². The molecule has 0 bridgehead atoms. The van der Waals surface area contributed by atoms with Crippen LogP contribution in [0.15, 0.2) is 30.3 Å². The maximum absolute atomic E-state index is 12.7. The van der Waals surface area contributed by atoms with Crippen molar-refractivity contribution in [1.82, 2.24) is 9.80 Å². The van der Waals surface area contributed by atoms with Gasteiger partial charge in [0.05, 0.1) is 39.5 Å². The van der Waals surface area contributed by atoms with E-state index in [1.54, 1.807) is 0 Å². The molecule has 2 saturated heterocycles. The fourth-order valence-corrected chi connectivity index (χ4v) is 3.72. The molecular weight excluding hydrogens is 320 g/mol. The molecule has 6 heteroatoms. The SMILES string of the molecule is COC(=O)[C@@H](CN1CCOCC1)[C@@H](c1ccccc1)N1CCOCC1. The van der Waals surface area contributed by atoms with Crippen LogP contribution in [0.2, 0.25) is 0 Å². The van der Waals surface area contributed by atoms with Gasteiger partial charge in [-0.25, -0.2) is 0 Å². The van der Waals surface area contributed by atoms with E-state index in [2.05, 4.69) is 21.9 Å². The number of hydrogen-bond acceptors (Lipinski definition) is 6. The summed E-state index contributed by atoms with van der Waals surface area (Å²) >= 11 is 0. The summed E-state index contributed by atoms with van der Waals surface area (Å²) in [7, 11) is 1.48. The number of ether oxygens (including phenoxy) is 3. The van der Waals surface area contributed by atoms with Gasteiger partial charge in [-0.15, -0.1) is 0 Å². The Hall–Kier alpha value is -1.47. The predicted octanol–water partition coefficient (Wildman–Crippen LogP) is 1.18. The number of carbonyl (C=O) groups excluding carboxylic acids is 1. The second kappa shape index (κ2) is 9.29. The maximum atomic E-state index is 12.7. The Morgan fingerprint density at radius 3 is 2.24 bits per heavy atom. The Balaban J connectivity index is 1.86. The molecule has 0 aliphatic carbocycles. The zero-order chi connectivity index (χ0) is 17.5. The van der Waals surface area contributed by atoms with Crippen molar-refractivity contribution in [1.29, 1.82) is 0 Å². The second-order valence-corrected chi connectivity index (χ2v) is 6.55. The minimum Gasteiger partial charge on any atom is -0.469 e. The van der Waals surface area contributed by atoms with Gasteiger partial charge in [0, 0.05) is 38.8 Å². The van der Waals surface area contributed by atoms with Crippen molar-refractivity contribution in [2.75, 3.05) is 66.3 Å². The van der Waals surface area contributed by atoms with Crippen molar-refractivity contribution in [3.63, 3.8) is 0 Å². The van der Waals surface area contributed by atoms with Gasteiger partial charge in [0.25, 0.3) is 0 Å². The van der Waals surface area contributed by atoms with Crippen molar-refractivity contribution in [2.45, 2.75) is 6.04 Å². The molecule has 1 aromatic carbocycles.